The van der Waals surface area contributed by atoms with Crippen molar-refractivity contribution in [3.63, 3.8) is 0 Å². The van der Waals surface area contributed by atoms with Crippen LogP contribution in [0, 0.1) is 11.8 Å². The monoisotopic (exact) mass is 828 g/mol. The zero-order valence-corrected chi connectivity index (χ0v) is 35.9. The third-order valence-electron chi connectivity index (χ3n) is 11.3. The van der Waals surface area contributed by atoms with E-state index < -0.39 is 0 Å². The fraction of sp³-hybridized carbons (Fsp3) is 0.408. The molecule has 4 heterocycles. The summed E-state index contributed by atoms with van der Waals surface area (Å²) < 4.78 is 28.2. The number of piperidine rings is 1. The first-order valence-electron chi connectivity index (χ1n) is 21.6. The van der Waals surface area contributed by atoms with Crippen LogP contribution in [0.15, 0.2) is 93.8 Å². The summed E-state index contributed by atoms with van der Waals surface area (Å²) in [5, 5.41) is 0. The van der Waals surface area contributed by atoms with Gasteiger partial charge in [-0.3, -0.25) is 14.4 Å². The number of benzene rings is 4. The van der Waals surface area contributed by atoms with Gasteiger partial charge in [0.25, 0.3) is 11.8 Å². The largest absolute Gasteiger partial charge is 0.497 e. The van der Waals surface area contributed by atoms with Crippen molar-refractivity contribution in [1.82, 2.24) is 19.8 Å². The third kappa shape index (κ3) is 10.5. The predicted molar refractivity (Wildman–Crippen MR) is 235 cm³/mol. The van der Waals surface area contributed by atoms with Crippen LogP contribution < -0.4 is 9.47 Å². The van der Waals surface area contributed by atoms with Gasteiger partial charge >= 0.3 is 0 Å². The number of oxazole rings is 2. The summed E-state index contributed by atoms with van der Waals surface area (Å²) in [6.07, 6.45) is 6.91. The highest BCUT2D eigenvalue weighted by Gasteiger charge is 2.31. The van der Waals surface area contributed by atoms with Crippen LogP contribution in [0.2, 0.25) is 0 Å². The molecule has 4 aromatic carbocycles. The first-order valence-corrected chi connectivity index (χ1v) is 21.6. The number of carbonyl (C=O) groups is 3. The topological polar surface area (TPSA) is 137 Å². The van der Waals surface area contributed by atoms with Crippen molar-refractivity contribution in [3.05, 3.63) is 96.1 Å². The van der Waals surface area contributed by atoms with Crippen LogP contribution in [0.1, 0.15) is 86.4 Å². The van der Waals surface area contributed by atoms with Gasteiger partial charge in [-0.05, 0) is 117 Å². The fourth-order valence-corrected chi connectivity index (χ4v) is 7.84. The highest BCUT2D eigenvalue weighted by molar-refractivity contribution is 5.98. The van der Waals surface area contributed by atoms with Gasteiger partial charge in [0.1, 0.15) is 28.3 Å². The highest BCUT2D eigenvalue weighted by Crippen LogP contribution is 2.33. The summed E-state index contributed by atoms with van der Waals surface area (Å²) in [6, 6.07) is 25.9. The van der Waals surface area contributed by atoms with E-state index in [2.05, 4.69) is 9.97 Å². The summed E-state index contributed by atoms with van der Waals surface area (Å²) in [7, 11) is 3.25. The Morgan fingerprint density at radius 1 is 0.738 bits per heavy atom. The molecule has 1 saturated carbocycles. The number of aromatic nitrogens is 2. The molecule has 6 aromatic rings. The van der Waals surface area contributed by atoms with Crippen LogP contribution in [0.4, 0.5) is 0 Å². The van der Waals surface area contributed by atoms with E-state index in [0.717, 1.165) is 67.0 Å². The van der Waals surface area contributed by atoms with Gasteiger partial charge in [-0.25, -0.2) is 9.97 Å². The number of hydrogen-bond acceptors (Lipinski definition) is 10. The molecule has 12 nitrogen and oxygen atoms in total. The Labute approximate surface area is 357 Å². The molecule has 3 fully saturated rings. The number of Topliss-reactive ketones (excluding diaryl/α,β-unsaturated/α-hetero) is 1. The number of fused-ring (bicyclic) bond motifs is 2. The minimum Gasteiger partial charge on any atom is -0.497 e. The normalized spacial score (nSPS) is 17.2. The average molecular weight is 829 g/mol. The van der Waals surface area contributed by atoms with Crippen LogP contribution in [0.5, 0.6) is 11.5 Å². The molecule has 0 bridgehead atoms. The molecule has 2 saturated heterocycles. The van der Waals surface area contributed by atoms with Crippen molar-refractivity contribution >= 4 is 39.8 Å². The maximum Gasteiger partial charge on any atom is 0.254 e. The maximum atomic E-state index is 13.3. The lowest BCUT2D eigenvalue weighted by atomic mass is 9.92. The van der Waals surface area contributed by atoms with E-state index >= 15 is 0 Å². The lowest BCUT2D eigenvalue weighted by Crippen LogP contribution is -2.42. The smallest absolute Gasteiger partial charge is 0.254 e. The van der Waals surface area contributed by atoms with Crippen LogP contribution in [-0.4, -0.2) is 90.5 Å². The number of ketones is 1. The van der Waals surface area contributed by atoms with Gasteiger partial charge < -0.3 is 32.8 Å². The number of hydrogen-bond donors (Lipinski definition) is 0. The summed E-state index contributed by atoms with van der Waals surface area (Å²) >= 11 is 0. The summed E-state index contributed by atoms with van der Waals surface area (Å²) in [5.41, 5.74) is 5.44. The first kappa shape index (κ1) is 43.1. The number of amides is 2. The highest BCUT2D eigenvalue weighted by atomic mass is 16.5. The molecule has 2 amide bonds. The molecule has 0 radical (unpaired) electrons. The summed E-state index contributed by atoms with van der Waals surface area (Å²) in [4.78, 5) is 51.2. The maximum absolute atomic E-state index is 13.3. The molecular formula is C49H56N4O8. The van der Waals surface area contributed by atoms with Crippen LogP contribution in [-0.2, 0) is 9.53 Å². The van der Waals surface area contributed by atoms with E-state index in [0.29, 0.717) is 71.6 Å². The standard InChI is InChI=1S/C24H26N2O4.C23H24N2O4.C2H6/c1-28-19-5-2-4-17(12-19)23-25-21-10-9-18(13-22(21)30-23)24(27)26(14-16-7-8-16)15-20-6-3-11-29-20;1-3-20(26)17-7-5-11-25(14-17)23(27)16-9-10-19-21(13-16)29-22(24-19)15-6-4-8-18(12-15)28-2;1-2/h2,4-5,9-10,12-13,16,20H,3,6-8,11,14-15H2,1H3;4,6,8-10,12-13,17H,3,5,7,11,14H2,1-2H3;1-2H3. The van der Waals surface area contributed by atoms with Gasteiger partial charge in [0.15, 0.2) is 11.2 Å². The predicted octanol–water partition coefficient (Wildman–Crippen LogP) is 9.90. The molecule has 2 unspecified atom stereocenters. The number of methoxy groups -OCH3 is 2. The zero-order chi connectivity index (χ0) is 42.9. The Morgan fingerprint density at radius 3 is 1.90 bits per heavy atom. The van der Waals surface area contributed by atoms with Crippen LogP contribution in [0.3, 0.4) is 0 Å². The fourth-order valence-electron chi connectivity index (χ4n) is 7.84. The van der Waals surface area contributed by atoms with Gasteiger partial charge in [0, 0.05) is 67.4 Å². The van der Waals surface area contributed by atoms with Crippen LogP contribution >= 0.6 is 0 Å². The van der Waals surface area contributed by atoms with E-state index in [1.807, 2.05) is 92.4 Å². The molecule has 61 heavy (non-hydrogen) atoms. The molecule has 2 aliphatic heterocycles. The lowest BCUT2D eigenvalue weighted by Gasteiger charge is -2.32. The molecule has 0 N–H and O–H groups in total. The van der Waals surface area contributed by atoms with Crippen LogP contribution in [0.25, 0.3) is 45.1 Å². The molecule has 2 aromatic heterocycles. The van der Waals surface area contributed by atoms with E-state index in [1.165, 1.54) is 12.8 Å². The van der Waals surface area contributed by atoms with Crippen molar-refractivity contribution in [2.24, 2.45) is 11.8 Å². The Hall–Kier alpha value is -6.01. The van der Waals surface area contributed by atoms with Gasteiger partial charge in [-0.1, -0.05) is 32.9 Å². The zero-order valence-electron chi connectivity index (χ0n) is 35.9. The second-order valence-electron chi connectivity index (χ2n) is 15.6. The van der Waals surface area contributed by atoms with E-state index in [4.69, 9.17) is 23.0 Å². The number of rotatable bonds is 12. The molecule has 2 atom stereocenters. The van der Waals surface area contributed by atoms with Gasteiger partial charge in [0.05, 0.1) is 20.3 Å². The van der Waals surface area contributed by atoms with Crippen molar-refractivity contribution in [1.29, 1.82) is 0 Å². The number of carbonyl (C=O) groups excluding carboxylic acids is 3. The molecule has 320 valence electrons. The summed E-state index contributed by atoms with van der Waals surface area (Å²) in [6.45, 7) is 9.32. The lowest BCUT2D eigenvalue weighted by molar-refractivity contribution is -0.123. The summed E-state index contributed by atoms with van der Waals surface area (Å²) in [5.74, 6) is 3.25. The molecule has 3 aliphatic rings. The number of ether oxygens (including phenoxy) is 3. The van der Waals surface area contributed by atoms with Gasteiger partial charge in [-0.2, -0.15) is 0 Å². The Morgan fingerprint density at radius 2 is 1.34 bits per heavy atom. The Bertz CT molecular complexity index is 2450. The second kappa shape index (κ2) is 20.0. The van der Waals surface area contributed by atoms with E-state index in [1.54, 1.807) is 37.3 Å². The molecular weight excluding hydrogens is 773 g/mol. The molecule has 12 heteroatoms. The van der Waals surface area contributed by atoms with Gasteiger partial charge in [0.2, 0.25) is 11.8 Å². The van der Waals surface area contributed by atoms with Gasteiger partial charge in [-0.15, -0.1) is 0 Å². The van der Waals surface area contributed by atoms with E-state index in [-0.39, 0.29) is 29.6 Å². The molecule has 9 rings (SSSR count). The first-order chi connectivity index (χ1) is 29.8. The Balaban J connectivity index is 0.000000177. The minimum atomic E-state index is -0.0696. The van der Waals surface area contributed by atoms with Crippen molar-refractivity contribution < 1.29 is 37.4 Å². The average Bonchev–Trinajstić information content (AvgIpc) is 3.62. The SMILES string of the molecule is CC.CCC(=O)C1CCCN(C(=O)c2ccc3nc(-c4cccc(OC)c4)oc3c2)C1.COc1cccc(-c2nc3ccc(C(=O)N(CC4CC4)CC4CCCO4)cc3o2)c1. The van der Waals surface area contributed by atoms with E-state index in [9.17, 15) is 14.4 Å². The quantitative estimate of drug-likeness (QED) is 0.117. The van der Waals surface area contributed by atoms with Crippen molar-refractivity contribution in [2.75, 3.05) is 47.0 Å². The second-order valence-corrected chi connectivity index (χ2v) is 15.6. The number of likely N-dealkylation sites (tertiary alicyclic amines) is 1. The third-order valence-corrected chi connectivity index (χ3v) is 11.3. The number of nitrogens with zero attached hydrogens (tertiary/aromatic N) is 4. The molecule has 1 aliphatic carbocycles. The van der Waals surface area contributed by atoms with Crippen molar-refractivity contribution in [3.8, 4) is 34.4 Å². The minimum absolute atomic E-state index is 0.0404. The van der Waals surface area contributed by atoms with Crippen molar-refractivity contribution in [2.45, 2.75) is 71.8 Å². The Kier molecular flexibility index (Phi) is 14.2. The molecule has 0 spiro atoms.